The smallest absolute Gasteiger partial charge is 0.239 e. The molecule has 0 radical (unpaired) electrons. The average Bonchev–Trinajstić information content (AvgIpc) is 2.98. The van der Waals surface area contributed by atoms with Crippen LogP contribution < -0.4 is 10.2 Å². The second kappa shape index (κ2) is 12.3. The number of aromatic hydroxyl groups is 4. The molecular formula is C27H30O17. The predicted molar refractivity (Wildman–Crippen MR) is 142 cm³/mol. The highest BCUT2D eigenvalue weighted by molar-refractivity contribution is 5.88. The highest BCUT2D eigenvalue weighted by atomic mass is 16.7. The number of rotatable bonds is 7. The van der Waals surface area contributed by atoms with E-state index in [1.807, 2.05) is 0 Å². The molecule has 44 heavy (non-hydrogen) atoms. The SMILES string of the molecule is O=c1c(O[C@H]2O[C@@H](CO)[C@@H](O[C@@H]3O[C@@H](CO)[C@@H](O)[C@@H](O)[C@H]3O)[C@@H](O)[C@H]2O)c(-c2ccc(O)c(O)c2)oc2cc(O)cc(O)c12. The summed E-state index contributed by atoms with van der Waals surface area (Å²) in [6, 6.07) is 5.17. The number of aliphatic hydroxyl groups is 7. The summed E-state index contributed by atoms with van der Waals surface area (Å²) in [6.07, 6.45) is -17.7. The fraction of sp³-hybridized carbons (Fsp3) is 0.444. The standard InChI is InChI=1S/C27H30O17/c28-6-14-17(34)19(36)21(38)26(41-14)43-24-15(7-29)42-27(22(39)20(24)37)44-25-18(35)16-12(33)4-9(30)5-13(16)40-23(25)8-1-2-10(31)11(32)3-8/h1-5,14-15,17,19-22,24,26-34,36-39H,6-7H2/t14-,15-,17+,19+,20-,21+,22+,24+,26-,27+/m0/s1. The molecule has 2 aliphatic rings. The Balaban J connectivity index is 1.49. The molecule has 17 heteroatoms. The van der Waals surface area contributed by atoms with Gasteiger partial charge in [-0.1, -0.05) is 0 Å². The van der Waals surface area contributed by atoms with Crippen LogP contribution in [0, 0.1) is 0 Å². The second-order valence-electron chi connectivity index (χ2n) is 10.3. The van der Waals surface area contributed by atoms with Crippen molar-refractivity contribution in [3.05, 3.63) is 40.6 Å². The van der Waals surface area contributed by atoms with Crippen LogP contribution in [0.1, 0.15) is 0 Å². The quantitative estimate of drug-likeness (QED) is 0.119. The summed E-state index contributed by atoms with van der Waals surface area (Å²) in [6.45, 7) is -1.67. The third kappa shape index (κ3) is 5.61. The average molecular weight is 627 g/mol. The molecule has 0 amide bonds. The zero-order valence-corrected chi connectivity index (χ0v) is 22.4. The van der Waals surface area contributed by atoms with Crippen LogP contribution >= 0.6 is 0 Å². The van der Waals surface area contributed by atoms with Gasteiger partial charge >= 0.3 is 0 Å². The lowest BCUT2D eigenvalue weighted by Gasteiger charge is -2.45. The van der Waals surface area contributed by atoms with Crippen LogP contribution in [-0.4, -0.2) is 131 Å². The van der Waals surface area contributed by atoms with Gasteiger partial charge in [-0.15, -0.1) is 0 Å². The number of phenolic OH excluding ortho intramolecular Hbond substituents is 4. The van der Waals surface area contributed by atoms with Gasteiger partial charge in [0.25, 0.3) is 0 Å². The predicted octanol–water partition coefficient (Wildman–Crippen LogP) is -2.71. The van der Waals surface area contributed by atoms with Gasteiger partial charge in [0.05, 0.1) is 13.2 Å². The van der Waals surface area contributed by atoms with Crippen LogP contribution in [0.3, 0.4) is 0 Å². The lowest BCUT2D eigenvalue weighted by molar-refractivity contribution is -0.352. The van der Waals surface area contributed by atoms with Gasteiger partial charge in [0.1, 0.15) is 71.3 Å². The van der Waals surface area contributed by atoms with Crippen molar-refractivity contribution in [2.75, 3.05) is 13.2 Å². The highest BCUT2D eigenvalue weighted by Gasteiger charge is 2.51. The molecule has 2 aliphatic heterocycles. The molecule has 240 valence electrons. The Kier molecular flexibility index (Phi) is 8.87. The molecule has 5 rings (SSSR count). The van der Waals surface area contributed by atoms with Crippen LogP contribution in [0.25, 0.3) is 22.3 Å². The van der Waals surface area contributed by atoms with E-state index in [1.165, 1.54) is 6.07 Å². The Bertz CT molecular complexity index is 1550. The van der Waals surface area contributed by atoms with E-state index in [0.29, 0.717) is 0 Å². The third-order valence-electron chi connectivity index (χ3n) is 7.35. The Morgan fingerprint density at radius 2 is 1.36 bits per heavy atom. The molecule has 11 N–H and O–H groups in total. The zero-order valence-electron chi connectivity index (χ0n) is 22.4. The van der Waals surface area contributed by atoms with Gasteiger partial charge in [0.2, 0.25) is 17.5 Å². The number of fused-ring (bicyclic) bond motifs is 1. The number of hydrogen-bond acceptors (Lipinski definition) is 17. The Labute approximate surface area is 246 Å². The van der Waals surface area contributed by atoms with Gasteiger partial charge in [-0.05, 0) is 18.2 Å². The minimum absolute atomic E-state index is 0.0504. The number of aliphatic hydroxyl groups excluding tert-OH is 7. The van der Waals surface area contributed by atoms with Gasteiger partial charge in [-0.2, -0.15) is 0 Å². The van der Waals surface area contributed by atoms with Crippen LogP contribution in [0.5, 0.6) is 28.7 Å². The monoisotopic (exact) mass is 626 g/mol. The molecule has 0 aliphatic carbocycles. The maximum Gasteiger partial charge on any atom is 0.239 e. The maximum atomic E-state index is 13.6. The summed E-state index contributed by atoms with van der Waals surface area (Å²) in [7, 11) is 0. The van der Waals surface area contributed by atoms with E-state index < -0.39 is 120 Å². The molecule has 17 nitrogen and oxygen atoms in total. The fourth-order valence-electron chi connectivity index (χ4n) is 5.00. The van der Waals surface area contributed by atoms with E-state index in [-0.39, 0.29) is 11.1 Å². The molecule has 0 bridgehead atoms. The first-order valence-electron chi connectivity index (χ1n) is 13.2. The van der Waals surface area contributed by atoms with Crippen molar-refractivity contribution < 1.29 is 79.5 Å². The summed E-state index contributed by atoms with van der Waals surface area (Å²) in [5.41, 5.74) is -1.41. The van der Waals surface area contributed by atoms with Crippen LogP contribution in [0.2, 0.25) is 0 Å². The molecule has 10 atom stereocenters. The molecule has 3 aromatic rings. The van der Waals surface area contributed by atoms with Gasteiger partial charge in [-0.25, -0.2) is 0 Å². The Morgan fingerprint density at radius 1 is 0.705 bits per heavy atom. The van der Waals surface area contributed by atoms with Crippen molar-refractivity contribution in [3.8, 4) is 40.1 Å². The topological polar surface area (TPSA) is 290 Å². The van der Waals surface area contributed by atoms with Gasteiger partial charge in [0.15, 0.2) is 23.5 Å². The lowest BCUT2D eigenvalue weighted by Crippen LogP contribution is -2.65. The van der Waals surface area contributed by atoms with Crippen molar-refractivity contribution in [1.29, 1.82) is 0 Å². The van der Waals surface area contributed by atoms with Crippen LogP contribution in [-0.2, 0) is 14.2 Å². The maximum absolute atomic E-state index is 13.6. The molecule has 0 spiro atoms. The van der Waals surface area contributed by atoms with Gasteiger partial charge in [0, 0.05) is 17.7 Å². The summed E-state index contributed by atoms with van der Waals surface area (Å²) >= 11 is 0. The number of hydrogen-bond donors (Lipinski definition) is 11. The first kappa shape index (κ1) is 31.7. The van der Waals surface area contributed by atoms with Crippen molar-refractivity contribution in [2.24, 2.45) is 0 Å². The molecule has 0 saturated carbocycles. The minimum Gasteiger partial charge on any atom is -0.508 e. The Morgan fingerprint density at radius 3 is 2.02 bits per heavy atom. The fourth-order valence-corrected chi connectivity index (χ4v) is 5.00. The number of phenols is 4. The molecule has 3 heterocycles. The molecular weight excluding hydrogens is 596 g/mol. The van der Waals surface area contributed by atoms with E-state index in [1.54, 1.807) is 0 Å². The highest BCUT2D eigenvalue weighted by Crippen LogP contribution is 2.39. The largest absolute Gasteiger partial charge is 0.508 e. The van der Waals surface area contributed by atoms with E-state index >= 15 is 0 Å². The first-order valence-corrected chi connectivity index (χ1v) is 13.2. The zero-order chi connectivity index (χ0) is 32.0. The van der Waals surface area contributed by atoms with Crippen LogP contribution in [0.4, 0.5) is 0 Å². The first-order chi connectivity index (χ1) is 20.9. The molecule has 1 aromatic heterocycles. The van der Waals surface area contributed by atoms with Crippen molar-refractivity contribution in [3.63, 3.8) is 0 Å². The van der Waals surface area contributed by atoms with E-state index in [2.05, 4.69) is 0 Å². The molecule has 2 aromatic carbocycles. The second-order valence-corrected chi connectivity index (χ2v) is 10.3. The van der Waals surface area contributed by atoms with Crippen molar-refractivity contribution in [2.45, 2.75) is 61.4 Å². The summed E-state index contributed by atoms with van der Waals surface area (Å²) in [4.78, 5) is 13.6. The summed E-state index contributed by atoms with van der Waals surface area (Å²) < 4.78 is 27.8. The van der Waals surface area contributed by atoms with E-state index in [9.17, 15) is 61.0 Å². The van der Waals surface area contributed by atoms with Crippen molar-refractivity contribution >= 4 is 11.0 Å². The summed E-state index contributed by atoms with van der Waals surface area (Å²) in [5.74, 6) is -3.44. The molecule has 2 fully saturated rings. The lowest BCUT2D eigenvalue weighted by atomic mass is 9.97. The van der Waals surface area contributed by atoms with E-state index in [4.69, 9.17) is 23.4 Å². The Hall–Kier alpha value is -3.75. The minimum atomic E-state index is -2.04. The van der Waals surface area contributed by atoms with Crippen molar-refractivity contribution in [1.82, 2.24) is 0 Å². The van der Waals surface area contributed by atoms with Gasteiger partial charge < -0.3 is 79.5 Å². The molecule has 0 unspecified atom stereocenters. The van der Waals surface area contributed by atoms with Crippen LogP contribution in [0.15, 0.2) is 39.5 Å². The third-order valence-corrected chi connectivity index (χ3v) is 7.35. The van der Waals surface area contributed by atoms with E-state index in [0.717, 1.165) is 24.3 Å². The normalized spacial score (nSPS) is 32.5. The molecule has 2 saturated heterocycles. The number of benzene rings is 2. The number of ether oxygens (including phenoxy) is 4. The van der Waals surface area contributed by atoms with Gasteiger partial charge in [-0.3, -0.25) is 4.79 Å². The summed E-state index contributed by atoms with van der Waals surface area (Å²) in [5, 5.41) is 111.